The van der Waals surface area contributed by atoms with Gasteiger partial charge in [0.15, 0.2) is 5.60 Å². The lowest BCUT2D eigenvalue weighted by Gasteiger charge is -2.24. The Kier molecular flexibility index (Phi) is 8.15. The van der Waals surface area contributed by atoms with Crippen LogP contribution >= 0.6 is 0 Å². The average molecular weight is 336 g/mol. The third kappa shape index (κ3) is 6.68. The van der Waals surface area contributed by atoms with Gasteiger partial charge >= 0.3 is 0 Å². The quantitative estimate of drug-likeness (QED) is 0.413. The van der Waals surface area contributed by atoms with Crippen LogP contribution in [0.5, 0.6) is 0 Å². The maximum atomic E-state index is 9.51. The van der Waals surface area contributed by atoms with Gasteiger partial charge in [0.2, 0.25) is 0 Å². The second-order valence-corrected chi connectivity index (χ2v) is 6.45. The van der Waals surface area contributed by atoms with Gasteiger partial charge in [-0.1, -0.05) is 75.4 Å². The summed E-state index contributed by atoms with van der Waals surface area (Å²) in [4.78, 5) is 4.48. The molecule has 0 N–H and O–H groups in total. The van der Waals surface area contributed by atoms with Crippen molar-refractivity contribution < 1.29 is 4.74 Å². The molecule has 1 aromatic carbocycles. The fraction of sp³-hybridized carbons (Fsp3) is 0.455. The van der Waals surface area contributed by atoms with Gasteiger partial charge in [-0.25, -0.2) is 0 Å². The molecule has 0 fully saturated rings. The van der Waals surface area contributed by atoms with Crippen LogP contribution in [0.4, 0.5) is 0 Å². The third-order valence-corrected chi connectivity index (χ3v) is 4.35. The molecule has 0 heterocycles. The van der Waals surface area contributed by atoms with Crippen LogP contribution < -0.4 is 0 Å². The molecule has 0 radical (unpaired) electrons. The summed E-state index contributed by atoms with van der Waals surface area (Å²) in [6, 6.07) is 12.3. The number of ether oxygens (including phenoxy) is 1. The molecule has 25 heavy (non-hydrogen) atoms. The standard InChI is InChI=1S/C22H28N2O/c1-2-3-4-5-6-10-17-25-22(19-23)15-13-21(14-16-22)24-18-20-11-8-7-9-12-20/h7-9,11-15,18H,2-6,10,16-17H2,1H3. The summed E-state index contributed by atoms with van der Waals surface area (Å²) in [7, 11) is 0. The molecule has 1 atom stereocenters. The Hall–Kier alpha value is -2.18. The molecule has 0 amide bonds. The number of allylic oxidation sites excluding steroid dienone is 1. The van der Waals surface area contributed by atoms with Crippen LogP contribution in [0.15, 0.2) is 59.2 Å². The van der Waals surface area contributed by atoms with Crippen LogP contribution in [0.3, 0.4) is 0 Å². The number of nitrogens with zero attached hydrogens (tertiary/aromatic N) is 2. The van der Waals surface area contributed by atoms with Crippen molar-refractivity contribution in [2.45, 2.75) is 57.5 Å². The first-order valence-electron chi connectivity index (χ1n) is 9.32. The highest BCUT2D eigenvalue weighted by Gasteiger charge is 2.28. The van der Waals surface area contributed by atoms with Gasteiger partial charge < -0.3 is 4.74 Å². The van der Waals surface area contributed by atoms with Gasteiger partial charge in [0, 0.05) is 19.2 Å². The van der Waals surface area contributed by atoms with E-state index in [0.29, 0.717) is 13.0 Å². The molecule has 1 unspecified atom stereocenters. The lowest BCUT2D eigenvalue weighted by molar-refractivity contribution is 0.0318. The van der Waals surface area contributed by atoms with E-state index in [0.717, 1.165) is 17.7 Å². The predicted molar refractivity (Wildman–Crippen MR) is 104 cm³/mol. The molecule has 132 valence electrons. The zero-order chi connectivity index (χ0) is 17.8. The smallest absolute Gasteiger partial charge is 0.176 e. The number of nitriles is 1. The Balaban J connectivity index is 1.77. The van der Waals surface area contributed by atoms with Crippen LogP contribution in [0.25, 0.3) is 0 Å². The Bertz CT molecular complexity index is 640. The second-order valence-electron chi connectivity index (χ2n) is 6.45. The molecule has 1 aliphatic carbocycles. The van der Waals surface area contributed by atoms with Crippen LogP contribution in [0.1, 0.15) is 57.4 Å². The van der Waals surface area contributed by atoms with E-state index in [1.807, 2.05) is 54.8 Å². The van der Waals surface area contributed by atoms with Crippen LogP contribution in [0.2, 0.25) is 0 Å². The molecule has 1 aliphatic rings. The summed E-state index contributed by atoms with van der Waals surface area (Å²) < 4.78 is 5.89. The van der Waals surface area contributed by atoms with E-state index in [9.17, 15) is 5.26 Å². The van der Waals surface area contributed by atoms with Crippen molar-refractivity contribution in [1.82, 2.24) is 0 Å². The van der Waals surface area contributed by atoms with Gasteiger partial charge in [-0.3, -0.25) is 4.99 Å². The molecule has 0 aliphatic heterocycles. The minimum atomic E-state index is -0.824. The zero-order valence-corrected chi connectivity index (χ0v) is 15.2. The summed E-state index contributed by atoms with van der Waals surface area (Å²) >= 11 is 0. The maximum Gasteiger partial charge on any atom is 0.176 e. The van der Waals surface area contributed by atoms with E-state index in [4.69, 9.17) is 4.74 Å². The molecule has 1 aromatic rings. The Morgan fingerprint density at radius 1 is 1.16 bits per heavy atom. The first-order valence-corrected chi connectivity index (χ1v) is 9.32. The average Bonchev–Trinajstić information content (AvgIpc) is 2.67. The van der Waals surface area contributed by atoms with Crippen molar-refractivity contribution in [3.05, 3.63) is 59.8 Å². The number of rotatable bonds is 10. The summed E-state index contributed by atoms with van der Waals surface area (Å²) in [5.74, 6) is 0. The van der Waals surface area contributed by atoms with Gasteiger partial charge in [-0.05, 0) is 24.1 Å². The minimum absolute atomic E-state index is 0.553. The van der Waals surface area contributed by atoms with Crippen molar-refractivity contribution in [1.29, 1.82) is 5.26 Å². The van der Waals surface area contributed by atoms with Crippen molar-refractivity contribution in [2.75, 3.05) is 6.61 Å². The number of benzene rings is 1. The van der Waals surface area contributed by atoms with Crippen molar-refractivity contribution in [3.63, 3.8) is 0 Å². The van der Waals surface area contributed by atoms with Crippen LogP contribution in [-0.4, -0.2) is 18.4 Å². The Morgan fingerprint density at radius 3 is 2.60 bits per heavy atom. The molecule has 0 spiro atoms. The molecular formula is C22H28N2O. The molecule has 3 nitrogen and oxygen atoms in total. The Labute approximate surface area is 151 Å². The van der Waals surface area contributed by atoms with Crippen molar-refractivity contribution >= 4 is 6.21 Å². The number of unbranched alkanes of at least 4 members (excludes halogenated alkanes) is 5. The first-order chi connectivity index (χ1) is 12.3. The fourth-order valence-electron chi connectivity index (χ4n) is 2.76. The molecule has 0 aromatic heterocycles. The largest absolute Gasteiger partial charge is 0.356 e. The highest BCUT2D eigenvalue weighted by molar-refractivity contribution is 5.80. The molecular weight excluding hydrogens is 308 g/mol. The first kappa shape index (κ1) is 19.1. The highest BCUT2D eigenvalue weighted by Crippen LogP contribution is 2.25. The zero-order valence-electron chi connectivity index (χ0n) is 15.2. The van der Waals surface area contributed by atoms with E-state index in [1.165, 1.54) is 32.1 Å². The van der Waals surface area contributed by atoms with Crippen LogP contribution in [0, 0.1) is 11.3 Å². The van der Waals surface area contributed by atoms with E-state index in [-0.39, 0.29) is 0 Å². The SMILES string of the molecule is CCCCCCCCOC1(C#N)C=CC(N=Cc2ccccc2)=CC1. The normalized spacial score (nSPS) is 19.8. The van der Waals surface area contributed by atoms with Crippen molar-refractivity contribution in [3.8, 4) is 6.07 Å². The van der Waals surface area contributed by atoms with Gasteiger partial charge in [0.25, 0.3) is 0 Å². The Morgan fingerprint density at radius 2 is 1.92 bits per heavy atom. The fourth-order valence-corrected chi connectivity index (χ4v) is 2.76. The van der Waals surface area contributed by atoms with Crippen LogP contribution in [-0.2, 0) is 4.74 Å². The summed E-state index contributed by atoms with van der Waals surface area (Å²) in [6.07, 6.45) is 15.4. The molecule has 2 rings (SSSR count). The van der Waals surface area contributed by atoms with E-state index >= 15 is 0 Å². The lowest BCUT2D eigenvalue weighted by atomic mass is 9.95. The molecule has 0 saturated heterocycles. The lowest BCUT2D eigenvalue weighted by Crippen LogP contribution is -2.29. The van der Waals surface area contributed by atoms with E-state index in [1.54, 1.807) is 0 Å². The summed E-state index contributed by atoms with van der Waals surface area (Å²) in [5, 5.41) is 9.51. The number of hydrogen-bond donors (Lipinski definition) is 0. The third-order valence-electron chi connectivity index (χ3n) is 4.35. The molecule has 3 heteroatoms. The minimum Gasteiger partial charge on any atom is -0.356 e. The number of aliphatic imine (C=N–C) groups is 1. The highest BCUT2D eigenvalue weighted by atomic mass is 16.5. The molecule has 0 saturated carbocycles. The summed E-state index contributed by atoms with van der Waals surface area (Å²) in [5.41, 5.74) is 1.11. The topological polar surface area (TPSA) is 45.4 Å². The summed E-state index contributed by atoms with van der Waals surface area (Å²) in [6.45, 7) is 2.86. The van der Waals surface area contributed by atoms with Crippen molar-refractivity contribution in [2.24, 2.45) is 4.99 Å². The van der Waals surface area contributed by atoms with E-state index < -0.39 is 5.60 Å². The van der Waals surface area contributed by atoms with E-state index in [2.05, 4.69) is 18.0 Å². The predicted octanol–water partition coefficient (Wildman–Crippen LogP) is 5.59. The van der Waals surface area contributed by atoms with Gasteiger partial charge in [-0.2, -0.15) is 5.26 Å². The van der Waals surface area contributed by atoms with Gasteiger partial charge in [0.05, 0.1) is 5.70 Å². The number of hydrogen-bond acceptors (Lipinski definition) is 3. The maximum absolute atomic E-state index is 9.51. The van der Waals surface area contributed by atoms with Gasteiger partial charge in [0.1, 0.15) is 6.07 Å². The molecule has 0 bridgehead atoms. The van der Waals surface area contributed by atoms with Gasteiger partial charge in [-0.15, -0.1) is 0 Å². The monoisotopic (exact) mass is 336 g/mol. The second kappa shape index (κ2) is 10.6.